The highest BCUT2D eigenvalue weighted by Gasteiger charge is 2.21. The highest BCUT2D eigenvalue weighted by molar-refractivity contribution is 5.32. The van der Waals surface area contributed by atoms with Crippen LogP contribution < -0.4 is 5.32 Å². The van der Waals surface area contributed by atoms with Gasteiger partial charge in [0, 0.05) is 6.20 Å². The van der Waals surface area contributed by atoms with E-state index in [-0.39, 0.29) is 5.41 Å². The van der Waals surface area contributed by atoms with Crippen molar-refractivity contribution in [2.75, 3.05) is 13.6 Å². The van der Waals surface area contributed by atoms with Gasteiger partial charge in [0.05, 0.1) is 11.9 Å². The van der Waals surface area contributed by atoms with Crippen LogP contribution in [0.4, 0.5) is 0 Å². The topological polar surface area (TPSA) is 29.9 Å². The summed E-state index contributed by atoms with van der Waals surface area (Å²) in [5.41, 5.74) is 2.53. The number of nitrogens with one attached hydrogen (secondary N) is 1. The quantitative estimate of drug-likeness (QED) is 0.875. The summed E-state index contributed by atoms with van der Waals surface area (Å²) in [5, 5.41) is 7.66. The lowest BCUT2D eigenvalue weighted by molar-refractivity contribution is 0.468. The molecule has 0 fully saturated rings. The Bertz CT molecular complexity index is 485. The molecule has 1 N–H and O–H groups in total. The van der Waals surface area contributed by atoms with Crippen LogP contribution in [0.25, 0.3) is 5.69 Å². The van der Waals surface area contributed by atoms with Crippen LogP contribution in [0.5, 0.6) is 0 Å². The summed E-state index contributed by atoms with van der Waals surface area (Å²) in [4.78, 5) is 0. The zero-order valence-electron chi connectivity index (χ0n) is 11.4. The molecule has 1 heterocycles. The van der Waals surface area contributed by atoms with E-state index in [1.165, 1.54) is 5.56 Å². The zero-order valence-corrected chi connectivity index (χ0v) is 11.4. The van der Waals surface area contributed by atoms with Gasteiger partial charge in [0.1, 0.15) is 0 Å². The first-order valence-electron chi connectivity index (χ1n) is 6.39. The van der Waals surface area contributed by atoms with Crippen LogP contribution in [0.15, 0.2) is 42.7 Å². The van der Waals surface area contributed by atoms with E-state index >= 15 is 0 Å². The van der Waals surface area contributed by atoms with E-state index < -0.39 is 0 Å². The molecule has 0 amide bonds. The second-order valence-electron chi connectivity index (χ2n) is 5.25. The molecule has 3 nitrogen and oxygen atoms in total. The van der Waals surface area contributed by atoms with Crippen LogP contribution in [0, 0.1) is 0 Å². The SMILES string of the molecule is CNCCC(C)(C)c1cnn(-c2ccccc2)c1. The van der Waals surface area contributed by atoms with Gasteiger partial charge in [0.2, 0.25) is 0 Å². The lowest BCUT2D eigenvalue weighted by atomic mass is 9.83. The van der Waals surface area contributed by atoms with E-state index in [4.69, 9.17) is 0 Å². The largest absolute Gasteiger partial charge is 0.320 e. The standard InChI is InChI=1S/C15H21N3/c1-15(2,9-10-16-3)13-11-17-18(12-13)14-7-5-4-6-8-14/h4-8,11-12,16H,9-10H2,1-3H3. The average molecular weight is 243 g/mol. The molecular formula is C15H21N3. The molecule has 0 atom stereocenters. The van der Waals surface area contributed by atoms with Crippen molar-refractivity contribution in [2.45, 2.75) is 25.7 Å². The molecule has 0 aliphatic heterocycles. The van der Waals surface area contributed by atoms with Gasteiger partial charge in [-0.25, -0.2) is 4.68 Å². The molecule has 2 rings (SSSR count). The Morgan fingerprint density at radius 3 is 2.61 bits per heavy atom. The van der Waals surface area contributed by atoms with Gasteiger partial charge in [-0.3, -0.25) is 0 Å². The molecule has 0 saturated carbocycles. The summed E-state index contributed by atoms with van der Waals surface area (Å²) >= 11 is 0. The number of nitrogens with zero attached hydrogens (tertiary/aromatic N) is 2. The van der Waals surface area contributed by atoms with Gasteiger partial charge in [0.25, 0.3) is 0 Å². The second kappa shape index (κ2) is 5.36. The average Bonchev–Trinajstić information content (AvgIpc) is 2.88. The number of para-hydroxylation sites is 1. The van der Waals surface area contributed by atoms with Gasteiger partial charge >= 0.3 is 0 Å². The highest BCUT2D eigenvalue weighted by atomic mass is 15.3. The minimum absolute atomic E-state index is 0.149. The number of rotatable bonds is 5. The summed E-state index contributed by atoms with van der Waals surface area (Å²) in [6, 6.07) is 10.2. The van der Waals surface area contributed by atoms with Crippen LogP contribution >= 0.6 is 0 Å². The molecule has 1 aromatic carbocycles. The Labute approximate surface area is 109 Å². The molecule has 0 unspecified atom stereocenters. The first kappa shape index (κ1) is 12.8. The molecule has 2 aromatic rings. The van der Waals surface area contributed by atoms with Gasteiger partial charge < -0.3 is 5.32 Å². The van der Waals surface area contributed by atoms with Crippen molar-refractivity contribution in [1.82, 2.24) is 15.1 Å². The summed E-state index contributed by atoms with van der Waals surface area (Å²) in [6.45, 7) is 5.54. The molecule has 18 heavy (non-hydrogen) atoms. The molecule has 0 bridgehead atoms. The Hall–Kier alpha value is -1.61. The smallest absolute Gasteiger partial charge is 0.0645 e. The fraction of sp³-hybridized carbons (Fsp3) is 0.400. The summed E-state index contributed by atoms with van der Waals surface area (Å²) in [7, 11) is 1.99. The maximum absolute atomic E-state index is 4.46. The Morgan fingerprint density at radius 1 is 1.22 bits per heavy atom. The maximum atomic E-state index is 4.46. The Kier molecular flexibility index (Phi) is 3.82. The molecule has 96 valence electrons. The molecule has 0 saturated heterocycles. The Balaban J connectivity index is 2.20. The third-order valence-electron chi connectivity index (χ3n) is 3.38. The normalized spacial score (nSPS) is 11.7. The first-order valence-corrected chi connectivity index (χ1v) is 6.39. The van der Waals surface area contributed by atoms with E-state index in [0.29, 0.717) is 0 Å². The molecule has 0 spiro atoms. The van der Waals surface area contributed by atoms with Crippen LogP contribution in [0.3, 0.4) is 0 Å². The predicted octanol–water partition coefficient (Wildman–Crippen LogP) is 2.76. The van der Waals surface area contributed by atoms with E-state index in [1.54, 1.807) is 0 Å². The maximum Gasteiger partial charge on any atom is 0.0645 e. The first-order chi connectivity index (χ1) is 8.63. The molecular weight excluding hydrogens is 222 g/mol. The third-order valence-corrected chi connectivity index (χ3v) is 3.38. The van der Waals surface area contributed by atoms with E-state index in [1.807, 2.05) is 36.1 Å². The van der Waals surface area contributed by atoms with Gasteiger partial charge in [0.15, 0.2) is 0 Å². The zero-order chi connectivity index (χ0) is 13.0. The fourth-order valence-electron chi connectivity index (χ4n) is 1.98. The van der Waals surface area contributed by atoms with Crippen molar-refractivity contribution in [3.8, 4) is 5.69 Å². The number of hydrogen-bond acceptors (Lipinski definition) is 2. The molecule has 0 aliphatic rings. The van der Waals surface area contributed by atoms with Crippen LogP contribution in [-0.4, -0.2) is 23.4 Å². The predicted molar refractivity (Wildman–Crippen MR) is 75.1 cm³/mol. The van der Waals surface area contributed by atoms with E-state index in [0.717, 1.165) is 18.7 Å². The summed E-state index contributed by atoms with van der Waals surface area (Å²) < 4.78 is 1.94. The minimum Gasteiger partial charge on any atom is -0.320 e. The van der Waals surface area contributed by atoms with Crippen molar-refractivity contribution in [3.05, 3.63) is 48.3 Å². The van der Waals surface area contributed by atoms with Crippen LogP contribution in [0.1, 0.15) is 25.8 Å². The molecule has 3 heteroatoms. The number of aromatic nitrogens is 2. The minimum atomic E-state index is 0.149. The van der Waals surface area contributed by atoms with Crippen LogP contribution in [0.2, 0.25) is 0 Å². The summed E-state index contributed by atoms with van der Waals surface area (Å²) in [5.74, 6) is 0. The van der Waals surface area contributed by atoms with Gasteiger partial charge in [-0.1, -0.05) is 32.0 Å². The number of hydrogen-bond donors (Lipinski definition) is 1. The molecule has 0 aliphatic carbocycles. The molecule has 0 radical (unpaired) electrons. The van der Waals surface area contributed by atoms with Gasteiger partial charge in [-0.05, 0) is 43.1 Å². The highest BCUT2D eigenvalue weighted by Crippen LogP contribution is 2.26. The van der Waals surface area contributed by atoms with Crippen molar-refractivity contribution in [3.63, 3.8) is 0 Å². The second-order valence-corrected chi connectivity index (χ2v) is 5.25. The third kappa shape index (κ3) is 2.79. The monoisotopic (exact) mass is 243 g/mol. The van der Waals surface area contributed by atoms with Crippen molar-refractivity contribution in [1.29, 1.82) is 0 Å². The molecule has 1 aromatic heterocycles. The fourth-order valence-corrected chi connectivity index (χ4v) is 1.98. The van der Waals surface area contributed by atoms with E-state index in [9.17, 15) is 0 Å². The lowest BCUT2D eigenvalue weighted by Gasteiger charge is -2.22. The Morgan fingerprint density at radius 2 is 1.94 bits per heavy atom. The van der Waals surface area contributed by atoms with Crippen molar-refractivity contribution in [2.24, 2.45) is 0 Å². The van der Waals surface area contributed by atoms with Crippen LogP contribution in [-0.2, 0) is 5.41 Å². The summed E-state index contributed by atoms with van der Waals surface area (Å²) in [6.07, 6.45) is 5.21. The van der Waals surface area contributed by atoms with Gasteiger partial charge in [-0.2, -0.15) is 5.10 Å². The van der Waals surface area contributed by atoms with Crippen molar-refractivity contribution < 1.29 is 0 Å². The van der Waals surface area contributed by atoms with Crippen molar-refractivity contribution >= 4 is 0 Å². The lowest BCUT2D eigenvalue weighted by Crippen LogP contribution is -2.23. The van der Waals surface area contributed by atoms with E-state index in [2.05, 4.69) is 42.6 Å². The number of benzene rings is 1. The van der Waals surface area contributed by atoms with Gasteiger partial charge in [-0.15, -0.1) is 0 Å².